The first-order chi connectivity index (χ1) is 10.6. The van der Waals surface area contributed by atoms with Gasteiger partial charge >= 0.3 is 0 Å². The van der Waals surface area contributed by atoms with E-state index in [9.17, 15) is 13.2 Å². The molecule has 0 spiro atoms. The van der Waals surface area contributed by atoms with E-state index in [4.69, 9.17) is 4.74 Å². The number of sulfonamides is 1. The lowest BCUT2D eigenvalue weighted by atomic mass is 9.97. The van der Waals surface area contributed by atoms with Crippen molar-refractivity contribution in [3.63, 3.8) is 0 Å². The van der Waals surface area contributed by atoms with Gasteiger partial charge in [-0.3, -0.25) is 9.52 Å². The van der Waals surface area contributed by atoms with Gasteiger partial charge in [-0.05, 0) is 36.3 Å². The standard InChI is InChI=1S/C16H21NO4S/c18-16(17-22(19,20)11-12-5-1-2-6-12)15-14-8-4-3-7-13(14)9-10-21-15/h3-4,7-8,12,15H,1-2,5-6,9-11H2,(H,17,18)/t15-/m1/s1. The second-order valence-electron chi connectivity index (χ2n) is 6.10. The Balaban J connectivity index is 1.69. The molecule has 22 heavy (non-hydrogen) atoms. The highest BCUT2D eigenvalue weighted by atomic mass is 32.2. The number of benzene rings is 1. The number of fused-ring (bicyclic) bond motifs is 1. The third kappa shape index (κ3) is 3.50. The molecule has 1 atom stereocenters. The normalized spacial score (nSPS) is 22.3. The topological polar surface area (TPSA) is 72.5 Å². The monoisotopic (exact) mass is 323 g/mol. The zero-order valence-corrected chi connectivity index (χ0v) is 13.3. The Kier molecular flexibility index (Phi) is 4.49. The van der Waals surface area contributed by atoms with Gasteiger partial charge in [0.1, 0.15) is 0 Å². The van der Waals surface area contributed by atoms with Gasteiger partial charge in [0.2, 0.25) is 10.0 Å². The van der Waals surface area contributed by atoms with Crippen LogP contribution in [-0.4, -0.2) is 26.7 Å². The maximum Gasteiger partial charge on any atom is 0.267 e. The van der Waals surface area contributed by atoms with Crippen molar-refractivity contribution in [2.24, 2.45) is 5.92 Å². The molecule has 1 N–H and O–H groups in total. The summed E-state index contributed by atoms with van der Waals surface area (Å²) in [7, 11) is -3.60. The molecule has 0 saturated heterocycles. The number of carbonyl (C=O) groups is 1. The van der Waals surface area contributed by atoms with Crippen molar-refractivity contribution >= 4 is 15.9 Å². The molecule has 0 aromatic heterocycles. The molecule has 1 aromatic rings. The predicted molar refractivity (Wildman–Crippen MR) is 82.7 cm³/mol. The van der Waals surface area contributed by atoms with Crippen molar-refractivity contribution in [2.45, 2.75) is 38.2 Å². The lowest BCUT2D eigenvalue weighted by Crippen LogP contribution is -2.39. The number of hydrogen-bond acceptors (Lipinski definition) is 4. The van der Waals surface area contributed by atoms with Gasteiger partial charge in [0.15, 0.2) is 6.10 Å². The molecule has 1 saturated carbocycles. The van der Waals surface area contributed by atoms with E-state index in [1.165, 1.54) is 0 Å². The number of hydrogen-bond donors (Lipinski definition) is 1. The second kappa shape index (κ2) is 6.38. The van der Waals surface area contributed by atoms with Crippen molar-refractivity contribution in [3.8, 4) is 0 Å². The number of rotatable bonds is 4. The average Bonchev–Trinajstić information content (AvgIpc) is 2.98. The predicted octanol–water partition coefficient (Wildman–Crippen LogP) is 1.94. The minimum Gasteiger partial charge on any atom is -0.363 e. The third-order valence-corrected chi connectivity index (χ3v) is 5.84. The van der Waals surface area contributed by atoms with E-state index >= 15 is 0 Å². The molecule has 5 nitrogen and oxygen atoms in total. The molecule has 1 amide bonds. The smallest absolute Gasteiger partial charge is 0.267 e. The minimum atomic E-state index is -3.60. The van der Waals surface area contributed by atoms with Crippen LogP contribution in [0.5, 0.6) is 0 Å². The summed E-state index contributed by atoms with van der Waals surface area (Å²) >= 11 is 0. The van der Waals surface area contributed by atoms with E-state index in [1.807, 2.05) is 24.3 Å². The first kappa shape index (κ1) is 15.5. The molecular formula is C16H21NO4S. The Hall–Kier alpha value is -1.40. The minimum absolute atomic E-state index is 0.0348. The summed E-state index contributed by atoms with van der Waals surface area (Å²) in [6, 6.07) is 7.52. The van der Waals surface area contributed by atoms with Crippen LogP contribution >= 0.6 is 0 Å². The first-order valence-electron chi connectivity index (χ1n) is 7.79. The fourth-order valence-electron chi connectivity index (χ4n) is 3.35. The van der Waals surface area contributed by atoms with Crippen LogP contribution in [0.2, 0.25) is 0 Å². The quantitative estimate of drug-likeness (QED) is 0.919. The van der Waals surface area contributed by atoms with Crippen LogP contribution in [0.25, 0.3) is 0 Å². The molecule has 6 heteroatoms. The van der Waals surface area contributed by atoms with Gasteiger partial charge in [-0.1, -0.05) is 37.1 Å². The summed E-state index contributed by atoms with van der Waals surface area (Å²) in [6.45, 7) is 0.428. The molecule has 0 radical (unpaired) electrons. The molecule has 1 heterocycles. The maximum atomic E-state index is 12.3. The van der Waals surface area contributed by atoms with Crippen molar-refractivity contribution in [3.05, 3.63) is 35.4 Å². The fourth-order valence-corrected chi connectivity index (χ4v) is 4.80. The highest BCUT2D eigenvalue weighted by Crippen LogP contribution is 2.28. The molecule has 3 rings (SSSR count). The van der Waals surface area contributed by atoms with Gasteiger partial charge in [0, 0.05) is 0 Å². The fraction of sp³-hybridized carbons (Fsp3) is 0.562. The van der Waals surface area contributed by atoms with Crippen molar-refractivity contribution < 1.29 is 17.9 Å². The Morgan fingerprint density at radius 3 is 2.73 bits per heavy atom. The van der Waals surface area contributed by atoms with Crippen LogP contribution in [-0.2, 0) is 26.0 Å². The Morgan fingerprint density at radius 2 is 1.95 bits per heavy atom. The molecule has 0 bridgehead atoms. The van der Waals surface area contributed by atoms with Crippen LogP contribution in [0.1, 0.15) is 42.9 Å². The summed E-state index contributed by atoms with van der Waals surface area (Å²) in [5.74, 6) is -0.373. The molecule has 1 aliphatic heterocycles. The van der Waals surface area contributed by atoms with E-state index in [0.29, 0.717) is 6.61 Å². The van der Waals surface area contributed by atoms with Crippen molar-refractivity contribution in [1.82, 2.24) is 4.72 Å². The van der Waals surface area contributed by atoms with E-state index in [0.717, 1.165) is 43.2 Å². The van der Waals surface area contributed by atoms with Gasteiger partial charge in [-0.2, -0.15) is 0 Å². The largest absolute Gasteiger partial charge is 0.363 e. The third-order valence-electron chi connectivity index (χ3n) is 4.42. The lowest BCUT2D eigenvalue weighted by Gasteiger charge is -2.25. The van der Waals surface area contributed by atoms with Gasteiger partial charge in [0.25, 0.3) is 5.91 Å². The van der Waals surface area contributed by atoms with Crippen molar-refractivity contribution in [2.75, 3.05) is 12.4 Å². The highest BCUT2D eigenvalue weighted by Gasteiger charge is 2.31. The Bertz CT molecular complexity index is 650. The van der Waals surface area contributed by atoms with Crippen LogP contribution in [0.3, 0.4) is 0 Å². The lowest BCUT2D eigenvalue weighted by molar-refractivity contribution is -0.132. The number of ether oxygens (including phenoxy) is 1. The van der Waals surface area contributed by atoms with E-state index < -0.39 is 22.0 Å². The number of amides is 1. The Morgan fingerprint density at radius 1 is 1.23 bits per heavy atom. The van der Waals surface area contributed by atoms with Crippen molar-refractivity contribution in [1.29, 1.82) is 0 Å². The van der Waals surface area contributed by atoms with Gasteiger partial charge < -0.3 is 4.74 Å². The molecule has 2 aliphatic rings. The molecule has 120 valence electrons. The van der Waals surface area contributed by atoms with Crippen LogP contribution in [0.4, 0.5) is 0 Å². The van der Waals surface area contributed by atoms with Gasteiger partial charge in [0.05, 0.1) is 12.4 Å². The van der Waals surface area contributed by atoms with Crippen LogP contribution < -0.4 is 4.72 Å². The SMILES string of the molecule is O=C(NS(=O)(=O)CC1CCCC1)[C@@H]1OCCc2ccccc21. The zero-order valence-electron chi connectivity index (χ0n) is 12.5. The van der Waals surface area contributed by atoms with Crippen LogP contribution in [0, 0.1) is 5.92 Å². The summed E-state index contributed by atoms with van der Waals surface area (Å²) in [5.41, 5.74) is 1.81. The van der Waals surface area contributed by atoms with E-state index in [2.05, 4.69) is 4.72 Å². The molecule has 1 aliphatic carbocycles. The summed E-state index contributed by atoms with van der Waals surface area (Å²) in [4.78, 5) is 12.3. The number of nitrogens with one attached hydrogen (secondary N) is 1. The first-order valence-corrected chi connectivity index (χ1v) is 9.44. The molecule has 1 fully saturated rings. The number of carbonyl (C=O) groups excluding carboxylic acids is 1. The average molecular weight is 323 g/mol. The molecule has 1 aromatic carbocycles. The maximum absolute atomic E-state index is 12.3. The second-order valence-corrected chi connectivity index (χ2v) is 7.86. The summed E-state index contributed by atoms with van der Waals surface area (Å²) in [5, 5.41) is 0. The van der Waals surface area contributed by atoms with Crippen LogP contribution in [0.15, 0.2) is 24.3 Å². The van der Waals surface area contributed by atoms with E-state index in [-0.39, 0.29) is 11.7 Å². The summed E-state index contributed by atoms with van der Waals surface area (Å²) in [6.07, 6.45) is 3.92. The zero-order chi connectivity index (χ0) is 15.6. The van der Waals surface area contributed by atoms with Gasteiger partial charge in [-0.15, -0.1) is 0 Å². The van der Waals surface area contributed by atoms with E-state index in [1.54, 1.807) is 0 Å². The van der Waals surface area contributed by atoms with Gasteiger partial charge in [-0.25, -0.2) is 8.42 Å². The Labute approximate surface area is 131 Å². The molecule has 0 unspecified atom stereocenters. The highest BCUT2D eigenvalue weighted by molar-refractivity contribution is 7.90. The molecular weight excluding hydrogens is 302 g/mol. The summed E-state index contributed by atoms with van der Waals surface area (Å²) < 4.78 is 32.0.